The lowest BCUT2D eigenvalue weighted by Gasteiger charge is -2.08. The normalized spacial score (nSPS) is 10.6. The van der Waals surface area contributed by atoms with Gasteiger partial charge in [-0.05, 0) is 53.9 Å². The molecule has 0 fully saturated rings. The van der Waals surface area contributed by atoms with E-state index in [1.165, 1.54) is 0 Å². The number of hydrogen-bond acceptors (Lipinski definition) is 2. The maximum atomic E-state index is 6.00. The molecule has 0 aromatic heterocycles. The van der Waals surface area contributed by atoms with Crippen LogP contribution < -0.4 is 22.5 Å². The fourth-order valence-electron chi connectivity index (χ4n) is 2.65. The summed E-state index contributed by atoms with van der Waals surface area (Å²) in [6.07, 6.45) is 0.785. The van der Waals surface area contributed by atoms with Gasteiger partial charge >= 0.3 is 0 Å². The second-order valence-electron chi connectivity index (χ2n) is 6.04. The molecule has 0 amide bonds. The first-order valence-electron chi connectivity index (χ1n) is 8.52. The van der Waals surface area contributed by atoms with E-state index < -0.39 is 0 Å². The third-order valence-corrected chi connectivity index (χ3v) is 3.81. The van der Waals surface area contributed by atoms with Gasteiger partial charge in [0.15, 0.2) is 11.9 Å². The van der Waals surface area contributed by atoms with Crippen LogP contribution in [0.15, 0.2) is 88.8 Å². The molecule has 0 atom stereocenters. The SMILES string of the molecule is Cl.NC(N)=Nc1ccc(Cc2cccc(NC(N)=Nc3ccccc3)c2)cc1. The van der Waals surface area contributed by atoms with Gasteiger partial charge in [-0.2, -0.15) is 0 Å². The molecule has 3 rings (SSSR count). The van der Waals surface area contributed by atoms with Gasteiger partial charge in [-0.1, -0.05) is 42.5 Å². The Morgan fingerprint density at radius 3 is 2.07 bits per heavy atom. The fourth-order valence-corrected chi connectivity index (χ4v) is 2.65. The Labute approximate surface area is 170 Å². The maximum absolute atomic E-state index is 6.00. The molecule has 7 heteroatoms. The lowest BCUT2D eigenvalue weighted by atomic mass is 10.0. The molecule has 0 heterocycles. The van der Waals surface area contributed by atoms with Crippen LogP contribution in [-0.4, -0.2) is 11.9 Å². The summed E-state index contributed by atoms with van der Waals surface area (Å²) in [7, 11) is 0. The molecule has 7 N–H and O–H groups in total. The van der Waals surface area contributed by atoms with Crippen molar-refractivity contribution in [2.75, 3.05) is 5.32 Å². The topological polar surface area (TPSA) is 115 Å². The lowest BCUT2D eigenvalue weighted by Crippen LogP contribution is -2.22. The molecule has 28 heavy (non-hydrogen) atoms. The van der Waals surface area contributed by atoms with Crippen LogP contribution >= 0.6 is 12.4 Å². The quantitative estimate of drug-likeness (QED) is 0.390. The molecule has 3 aromatic rings. The number of nitrogens with one attached hydrogen (secondary N) is 1. The van der Waals surface area contributed by atoms with Crippen molar-refractivity contribution in [3.63, 3.8) is 0 Å². The van der Waals surface area contributed by atoms with Gasteiger partial charge in [0.25, 0.3) is 0 Å². The zero-order chi connectivity index (χ0) is 19.1. The van der Waals surface area contributed by atoms with Crippen LogP contribution in [0, 0.1) is 0 Å². The van der Waals surface area contributed by atoms with Gasteiger partial charge in [0.2, 0.25) is 0 Å². The number of nitrogens with zero attached hydrogens (tertiary/aromatic N) is 2. The highest BCUT2D eigenvalue weighted by atomic mass is 35.5. The molecular formula is C21H23ClN6. The molecule has 0 bridgehead atoms. The highest BCUT2D eigenvalue weighted by Gasteiger charge is 2.01. The molecule has 0 spiro atoms. The summed E-state index contributed by atoms with van der Waals surface area (Å²) in [4.78, 5) is 8.38. The minimum Gasteiger partial charge on any atom is -0.370 e. The first-order valence-corrected chi connectivity index (χ1v) is 8.52. The van der Waals surface area contributed by atoms with E-state index in [0.29, 0.717) is 5.96 Å². The van der Waals surface area contributed by atoms with E-state index in [2.05, 4.69) is 27.4 Å². The highest BCUT2D eigenvalue weighted by Crippen LogP contribution is 2.18. The minimum atomic E-state index is 0. The Balaban J connectivity index is 0.00000280. The van der Waals surface area contributed by atoms with Crippen LogP contribution in [0.5, 0.6) is 0 Å². The van der Waals surface area contributed by atoms with E-state index in [1.54, 1.807) is 0 Å². The number of benzene rings is 3. The van der Waals surface area contributed by atoms with Crippen LogP contribution in [-0.2, 0) is 6.42 Å². The summed E-state index contributed by atoms with van der Waals surface area (Å²) in [6.45, 7) is 0. The third kappa shape index (κ3) is 6.34. The Hall–Kier alpha value is -3.51. The van der Waals surface area contributed by atoms with Gasteiger partial charge in [-0.15, -0.1) is 12.4 Å². The monoisotopic (exact) mass is 394 g/mol. The van der Waals surface area contributed by atoms with E-state index in [1.807, 2.05) is 66.7 Å². The van der Waals surface area contributed by atoms with Crippen molar-refractivity contribution in [3.05, 3.63) is 90.0 Å². The summed E-state index contributed by atoms with van der Waals surface area (Å²) in [5.41, 5.74) is 21.5. The standard InChI is InChI=1S/C21H22N6.ClH/c22-20(23)25-18-11-9-15(10-12-18)13-16-5-4-8-19(14-16)27-21(24)26-17-6-2-1-3-7-17;/h1-12,14H,13H2,(H4,22,23,25)(H3,24,26,27);1H. The van der Waals surface area contributed by atoms with E-state index in [9.17, 15) is 0 Å². The number of aliphatic imine (C=N–C) groups is 2. The van der Waals surface area contributed by atoms with Gasteiger partial charge in [-0.3, -0.25) is 0 Å². The van der Waals surface area contributed by atoms with Crippen molar-refractivity contribution in [2.45, 2.75) is 6.42 Å². The number of rotatable bonds is 5. The van der Waals surface area contributed by atoms with E-state index >= 15 is 0 Å². The molecular weight excluding hydrogens is 372 g/mol. The van der Waals surface area contributed by atoms with Crippen molar-refractivity contribution >= 4 is 41.4 Å². The van der Waals surface area contributed by atoms with Crippen molar-refractivity contribution < 1.29 is 0 Å². The average Bonchev–Trinajstić information content (AvgIpc) is 2.64. The predicted molar refractivity (Wildman–Crippen MR) is 120 cm³/mol. The number of halogens is 1. The molecule has 3 aromatic carbocycles. The largest absolute Gasteiger partial charge is 0.370 e. The zero-order valence-electron chi connectivity index (χ0n) is 15.2. The Bertz CT molecular complexity index is 948. The predicted octanol–water partition coefficient (Wildman–Crippen LogP) is 3.66. The van der Waals surface area contributed by atoms with Crippen molar-refractivity contribution in [1.29, 1.82) is 0 Å². The van der Waals surface area contributed by atoms with Crippen LogP contribution in [0.3, 0.4) is 0 Å². The smallest absolute Gasteiger partial charge is 0.198 e. The zero-order valence-corrected chi connectivity index (χ0v) is 16.1. The molecule has 0 saturated heterocycles. The number of para-hydroxylation sites is 1. The second-order valence-corrected chi connectivity index (χ2v) is 6.04. The van der Waals surface area contributed by atoms with Gasteiger partial charge < -0.3 is 22.5 Å². The van der Waals surface area contributed by atoms with Gasteiger partial charge in [-0.25, -0.2) is 9.98 Å². The summed E-state index contributed by atoms with van der Waals surface area (Å²) in [5, 5.41) is 3.13. The second kappa shape index (κ2) is 9.99. The summed E-state index contributed by atoms with van der Waals surface area (Å²) in [5.74, 6) is 0.399. The minimum absolute atomic E-state index is 0. The highest BCUT2D eigenvalue weighted by molar-refractivity contribution is 5.94. The summed E-state index contributed by atoms with van der Waals surface area (Å²) < 4.78 is 0. The van der Waals surface area contributed by atoms with Gasteiger partial charge in [0, 0.05) is 5.69 Å². The Kier molecular flexibility index (Phi) is 7.42. The van der Waals surface area contributed by atoms with Crippen molar-refractivity contribution in [3.8, 4) is 0 Å². The van der Waals surface area contributed by atoms with Crippen molar-refractivity contribution in [1.82, 2.24) is 0 Å². The molecule has 0 aliphatic heterocycles. The molecule has 0 aliphatic rings. The average molecular weight is 395 g/mol. The molecule has 0 unspecified atom stereocenters. The number of guanidine groups is 2. The van der Waals surface area contributed by atoms with E-state index in [-0.39, 0.29) is 18.4 Å². The van der Waals surface area contributed by atoms with E-state index in [0.717, 1.165) is 34.6 Å². The molecule has 0 saturated carbocycles. The van der Waals surface area contributed by atoms with Crippen LogP contribution in [0.2, 0.25) is 0 Å². The van der Waals surface area contributed by atoms with Crippen LogP contribution in [0.1, 0.15) is 11.1 Å². The molecule has 144 valence electrons. The Morgan fingerprint density at radius 2 is 1.39 bits per heavy atom. The number of anilines is 1. The number of nitrogens with two attached hydrogens (primary N) is 3. The van der Waals surface area contributed by atoms with Crippen LogP contribution in [0.25, 0.3) is 0 Å². The lowest BCUT2D eigenvalue weighted by molar-refractivity contribution is 1.19. The van der Waals surface area contributed by atoms with E-state index in [4.69, 9.17) is 17.2 Å². The maximum Gasteiger partial charge on any atom is 0.198 e. The first kappa shape index (κ1) is 20.8. The first-order chi connectivity index (χ1) is 13.1. The van der Waals surface area contributed by atoms with Crippen LogP contribution in [0.4, 0.5) is 17.1 Å². The Morgan fingerprint density at radius 1 is 0.714 bits per heavy atom. The van der Waals surface area contributed by atoms with Gasteiger partial charge in [0.1, 0.15) is 0 Å². The number of hydrogen-bond donors (Lipinski definition) is 4. The summed E-state index contributed by atoms with van der Waals surface area (Å²) in [6, 6.07) is 25.4. The molecule has 0 aliphatic carbocycles. The third-order valence-electron chi connectivity index (χ3n) is 3.81. The molecule has 6 nitrogen and oxygen atoms in total. The van der Waals surface area contributed by atoms with Gasteiger partial charge in [0.05, 0.1) is 11.4 Å². The fraction of sp³-hybridized carbons (Fsp3) is 0.0476. The van der Waals surface area contributed by atoms with Crippen molar-refractivity contribution in [2.24, 2.45) is 27.2 Å². The summed E-state index contributed by atoms with van der Waals surface area (Å²) >= 11 is 0. The molecule has 0 radical (unpaired) electrons.